The quantitative estimate of drug-likeness (QED) is 0.541. The first-order chi connectivity index (χ1) is 5.11. The third kappa shape index (κ3) is 4.76. The number of rotatable bonds is 0. The minimum absolute atomic E-state index is 0. The molecule has 1 aliphatic heterocycles. The maximum Gasteiger partial charge on any atom is 0.0624 e. The molecule has 0 spiro atoms. The van der Waals surface area contributed by atoms with Crippen LogP contribution in [0.5, 0.6) is 0 Å². The molecule has 1 heteroatoms. The zero-order chi connectivity index (χ0) is 8.91. The summed E-state index contributed by atoms with van der Waals surface area (Å²) in [6, 6.07) is 0. The van der Waals surface area contributed by atoms with Crippen LogP contribution in [-0.2, 0) is 4.74 Å². The van der Waals surface area contributed by atoms with E-state index in [9.17, 15) is 0 Å². The van der Waals surface area contributed by atoms with E-state index in [0.717, 1.165) is 6.61 Å². The Hall–Kier alpha value is -0.0400. The average Bonchev–Trinajstić information content (AvgIpc) is 2.40. The van der Waals surface area contributed by atoms with Crippen LogP contribution >= 0.6 is 0 Å². The van der Waals surface area contributed by atoms with Gasteiger partial charge < -0.3 is 4.74 Å². The first kappa shape index (κ1) is 14.5. The van der Waals surface area contributed by atoms with Crippen molar-refractivity contribution in [2.45, 2.75) is 61.0 Å². The van der Waals surface area contributed by atoms with E-state index in [2.05, 4.69) is 20.8 Å². The maximum absolute atomic E-state index is 5.52. The largest absolute Gasteiger partial charge is 0.378 e. The molecule has 0 bridgehead atoms. The van der Waals surface area contributed by atoms with Crippen molar-refractivity contribution < 1.29 is 4.74 Å². The summed E-state index contributed by atoms with van der Waals surface area (Å²) in [5.41, 5.74) is 0.358. The predicted octanol–water partition coefficient (Wildman–Crippen LogP) is 3.87. The molecule has 1 unspecified atom stereocenters. The molecule has 0 amide bonds. The lowest BCUT2D eigenvalue weighted by Crippen LogP contribution is -2.24. The van der Waals surface area contributed by atoms with Crippen molar-refractivity contribution in [3.63, 3.8) is 0 Å². The van der Waals surface area contributed by atoms with Gasteiger partial charge in [-0.25, -0.2) is 0 Å². The van der Waals surface area contributed by atoms with Gasteiger partial charge in [-0.3, -0.25) is 0 Å². The molecule has 1 fully saturated rings. The monoisotopic (exact) mass is 174 g/mol. The Morgan fingerprint density at radius 2 is 1.67 bits per heavy atom. The lowest BCUT2D eigenvalue weighted by Gasteiger charge is -2.25. The fourth-order valence-corrected chi connectivity index (χ4v) is 1.26. The van der Waals surface area contributed by atoms with Crippen molar-refractivity contribution in [2.24, 2.45) is 5.41 Å². The van der Waals surface area contributed by atoms with Gasteiger partial charge in [-0.05, 0) is 18.3 Å². The maximum atomic E-state index is 5.52. The van der Waals surface area contributed by atoms with Gasteiger partial charge in [0.15, 0.2) is 0 Å². The Labute approximate surface area is 78.5 Å². The number of hydrogen-bond acceptors (Lipinski definition) is 1. The Kier molecular flexibility index (Phi) is 7.81. The summed E-state index contributed by atoms with van der Waals surface area (Å²) in [5.74, 6) is 0. The Bertz CT molecular complexity index is 85.7. The van der Waals surface area contributed by atoms with E-state index in [1.807, 2.05) is 13.8 Å². The minimum atomic E-state index is 0. The molecule has 1 atom stereocenters. The highest BCUT2D eigenvalue weighted by Crippen LogP contribution is 2.29. The summed E-state index contributed by atoms with van der Waals surface area (Å²) in [5, 5.41) is 0. The fourth-order valence-electron chi connectivity index (χ4n) is 1.26. The summed E-state index contributed by atoms with van der Waals surface area (Å²) in [4.78, 5) is 0. The summed E-state index contributed by atoms with van der Waals surface area (Å²) < 4.78 is 5.52. The van der Waals surface area contributed by atoms with Crippen molar-refractivity contribution >= 4 is 0 Å². The van der Waals surface area contributed by atoms with Crippen LogP contribution in [0.4, 0.5) is 0 Å². The number of hydrogen-bond donors (Lipinski definition) is 0. The van der Waals surface area contributed by atoms with Crippen LogP contribution in [-0.4, -0.2) is 12.7 Å². The molecule has 1 saturated heterocycles. The van der Waals surface area contributed by atoms with Crippen molar-refractivity contribution in [2.75, 3.05) is 6.61 Å². The Morgan fingerprint density at radius 1 is 1.17 bits per heavy atom. The lowest BCUT2D eigenvalue weighted by molar-refractivity contribution is 0.0290. The van der Waals surface area contributed by atoms with E-state index < -0.39 is 0 Å². The molecule has 12 heavy (non-hydrogen) atoms. The van der Waals surface area contributed by atoms with Crippen LogP contribution < -0.4 is 0 Å². The van der Waals surface area contributed by atoms with E-state index in [1.165, 1.54) is 12.8 Å². The van der Waals surface area contributed by atoms with Gasteiger partial charge in [0.05, 0.1) is 6.10 Å². The predicted molar refractivity (Wildman–Crippen MR) is 56.5 cm³/mol. The lowest BCUT2D eigenvalue weighted by atomic mass is 9.88. The highest BCUT2D eigenvalue weighted by molar-refractivity contribution is 4.77. The van der Waals surface area contributed by atoms with Gasteiger partial charge in [-0.1, -0.05) is 42.0 Å². The molecule has 1 nitrogen and oxygen atoms in total. The Morgan fingerprint density at radius 3 is 1.83 bits per heavy atom. The smallest absolute Gasteiger partial charge is 0.0624 e. The Balaban J connectivity index is 0. The second-order valence-corrected chi connectivity index (χ2v) is 3.87. The second kappa shape index (κ2) is 6.47. The van der Waals surface area contributed by atoms with Gasteiger partial charge in [-0.2, -0.15) is 0 Å². The van der Waals surface area contributed by atoms with Crippen molar-refractivity contribution in [3.05, 3.63) is 0 Å². The topological polar surface area (TPSA) is 9.23 Å². The minimum Gasteiger partial charge on any atom is -0.378 e. The molecule has 1 rings (SSSR count). The van der Waals surface area contributed by atoms with Gasteiger partial charge in [0.1, 0.15) is 0 Å². The molecule has 0 aromatic heterocycles. The SMILES string of the molecule is C.CC.CC(C)(C)C1CCCO1. The van der Waals surface area contributed by atoms with Crippen LogP contribution in [0.25, 0.3) is 0 Å². The van der Waals surface area contributed by atoms with E-state index in [0.29, 0.717) is 11.5 Å². The zero-order valence-corrected chi connectivity index (χ0v) is 8.61. The molecule has 0 radical (unpaired) electrons. The van der Waals surface area contributed by atoms with Gasteiger partial charge in [0.25, 0.3) is 0 Å². The molecule has 0 aromatic rings. The molecule has 0 aliphatic carbocycles. The zero-order valence-electron chi connectivity index (χ0n) is 8.61. The van der Waals surface area contributed by atoms with Crippen molar-refractivity contribution in [1.82, 2.24) is 0 Å². The number of ether oxygens (including phenoxy) is 1. The highest BCUT2D eigenvalue weighted by atomic mass is 16.5. The molecule has 0 aromatic carbocycles. The van der Waals surface area contributed by atoms with Crippen LogP contribution in [0.2, 0.25) is 0 Å². The van der Waals surface area contributed by atoms with E-state index in [1.54, 1.807) is 0 Å². The fraction of sp³-hybridized carbons (Fsp3) is 1.00. The molecule has 0 saturated carbocycles. The highest BCUT2D eigenvalue weighted by Gasteiger charge is 2.28. The molecule has 0 N–H and O–H groups in total. The van der Waals surface area contributed by atoms with E-state index >= 15 is 0 Å². The van der Waals surface area contributed by atoms with Crippen LogP contribution in [0.15, 0.2) is 0 Å². The summed E-state index contributed by atoms with van der Waals surface area (Å²) in [7, 11) is 0. The molecular weight excluding hydrogens is 148 g/mol. The van der Waals surface area contributed by atoms with Gasteiger partial charge in [-0.15, -0.1) is 0 Å². The normalized spacial score (nSPS) is 22.2. The first-order valence-electron chi connectivity index (χ1n) is 4.72. The van der Waals surface area contributed by atoms with Crippen molar-refractivity contribution in [3.8, 4) is 0 Å². The van der Waals surface area contributed by atoms with Crippen LogP contribution in [0, 0.1) is 5.41 Å². The third-order valence-corrected chi connectivity index (χ3v) is 1.90. The standard InChI is InChI=1S/C8H16O.C2H6.CH4/c1-8(2,3)7-5-4-6-9-7;1-2;/h7H,4-6H2,1-3H3;1-2H3;1H4. The molecule has 76 valence electrons. The molecule has 1 heterocycles. The first-order valence-corrected chi connectivity index (χ1v) is 4.72. The van der Waals surface area contributed by atoms with E-state index in [-0.39, 0.29) is 7.43 Å². The summed E-state index contributed by atoms with van der Waals surface area (Å²) in [6.45, 7) is 11.7. The summed E-state index contributed by atoms with van der Waals surface area (Å²) in [6.07, 6.45) is 3.02. The van der Waals surface area contributed by atoms with Gasteiger partial charge in [0.2, 0.25) is 0 Å². The van der Waals surface area contributed by atoms with Gasteiger partial charge in [0, 0.05) is 6.61 Å². The van der Waals surface area contributed by atoms with E-state index in [4.69, 9.17) is 4.74 Å². The summed E-state index contributed by atoms with van der Waals surface area (Å²) >= 11 is 0. The average molecular weight is 174 g/mol. The second-order valence-electron chi connectivity index (χ2n) is 3.87. The van der Waals surface area contributed by atoms with Crippen LogP contribution in [0.1, 0.15) is 54.9 Å². The van der Waals surface area contributed by atoms with Crippen molar-refractivity contribution in [1.29, 1.82) is 0 Å². The third-order valence-electron chi connectivity index (χ3n) is 1.90. The molecular formula is C11H26O. The molecule has 1 aliphatic rings. The van der Waals surface area contributed by atoms with Gasteiger partial charge >= 0.3 is 0 Å². The van der Waals surface area contributed by atoms with Crippen LogP contribution in [0.3, 0.4) is 0 Å².